The summed E-state index contributed by atoms with van der Waals surface area (Å²) in [5.74, 6) is -2.16. The maximum atomic E-state index is 12.5. The van der Waals surface area contributed by atoms with Crippen molar-refractivity contribution in [3.8, 4) is 0 Å². The molecule has 12 heteroatoms. The van der Waals surface area contributed by atoms with Crippen molar-refractivity contribution in [1.82, 2.24) is 25.1 Å². The number of non-ortho nitro benzene ring substituents is 1. The number of imide groups is 1. The van der Waals surface area contributed by atoms with Crippen LogP contribution in [0.25, 0.3) is 0 Å². The van der Waals surface area contributed by atoms with Crippen molar-refractivity contribution >= 4 is 29.3 Å². The van der Waals surface area contributed by atoms with Crippen LogP contribution < -0.4 is 5.32 Å². The van der Waals surface area contributed by atoms with E-state index in [0.29, 0.717) is 25.9 Å². The van der Waals surface area contributed by atoms with Gasteiger partial charge in [-0.15, -0.1) is 0 Å². The molecule has 1 aromatic carbocycles. The fourth-order valence-corrected chi connectivity index (χ4v) is 3.75. The zero-order valence-electron chi connectivity index (χ0n) is 16.8. The molecular formula is C20H18N6O6. The maximum Gasteiger partial charge on any atom is 0.274 e. The Morgan fingerprint density at radius 3 is 2.50 bits per heavy atom. The number of carbonyl (C=O) groups is 4. The predicted molar refractivity (Wildman–Crippen MR) is 108 cm³/mol. The van der Waals surface area contributed by atoms with E-state index < -0.39 is 29.2 Å². The first-order chi connectivity index (χ1) is 15.3. The SMILES string of the molecule is O=C(CN1C(=O)c2ccc([N+](=O)[O-])cc2C1=O)NC1CCN(C(=O)c2cnccn2)CC1. The minimum absolute atomic E-state index is 0.0317. The van der Waals surface area contributed by atoms with E-state index in [4.69, 9.17) is 0 Å². The van der Waals surface area contributed by atoms with Gasteiger partial charge in [-0.1, -0.05) is 0 Å². The lowest BCUT2D eigenvalue weighted by Crippen LogP contribution is -2.49. The van der Waals surface area contributed by atoms with Gasteiger partial charge in [0.05, 0.1) is 22.2 Å². The van der Waals surface area contributed by atoms with Crippen molar-refractivity contribution in [2.45, 2.75) is 18.9 Å². The summed E-state index contributed by atoms with van der Waals surface area (Å²) in [6, 6.07) is 3.18. The van der Waals surface area contributed by atoms with E-state index >= 15 is 0 Å². The number of hydrogen-bond donors (Lipinski definition) is 1. The highest BCUT2D eigenvalue weighted by Crippen LogP contribution is 2.26. The topological polar surface area (TPSA) is 156 Å². The number of nitro groups is 1. The second kappa shape index (κ2) is 8.49. The van der Waals surface area contributed by atoms with Gasteiger partial charge in [0.15, 0.2) is 0 Å². The van der Waals surface area contributed by atoms with Crippen LogP contribution in [0.3, 0.4) is 0 Å². The van der Waals surface area contributed by atoms with Gasteiger partial charge in [-0.25, -0.2) is 4.98 Å². The number of likely N-dealkylation sites (tertiary alicyclic amines) is 1. The second-order valence-corrected chi connectivity index (χ2v) is 7.41. The van der Waals surface area contributed by atoms with E-state index in [1.807, 2.05) is 0 Å². The van der Waals surface area contributed by atoms with Crippen LogP contribution in [-0.2, 0) is 4.79 Å². The first-order valence-corrected chi connectivity index (χ1v) is 9.84. The number of nitrogens with zero attached hydrogens (tertiary/aromatic N) is 5. The number of aromatic nitrogens is 2. The molecule has 0 aliphatic carbocycles. The van der Waals surface area contributed by atoms with Crippen LogP contribution >= 0.6 is 0 Å². The predicted octanol–water partition coefficient (Wildman–Crippen LogP) is 0.402. The Kier molecular flexibility index (Phi) is 5.58. The molecule has 0 saturated carbocycles. The summed E-state index contributed by atoms with van der Waals surface area (Å²) in [5.41, 5.74) is -0.114. The number of carbonyl (C=O) groups excluding carboxylic acids is 4. The molecule has 2 aliphatic heterocycles. The first kappa shape index (κ1) is 21.0. The van der Waals surface area contributed by atoms with Gasteiger partial charge in [-0.2, -0.15) is 0 Å². The van der Waals surface area contributed by atoms with Crippen LogP contribution in [0, 0.1) is 10.1 Å². The van der Waals surface area contributed by atoms with Crippen molar-refractivity contribution < 1.29 is 24.1 Å². The molecule has 1 saturated heterocycles. The lowest BCUT2D eigenvalue weighted by Gasteiger charge is -2.32. The van der Waals surface area contributed by atoms with Crippen LogP contribution in [0.15, 0.2) is 36.8 Å². The standard InChI is InChI=1S/C20H18N6O6/c27-17(11-25-18(28)14-2-1-13(26(31)32)9-15(14)19(25)29)23-12-3-7-24(8-4-12)20(30)16-10-21-5-6-22-16/h1-2,5-6,9-10,12H,3-4,7-8,11H2,(H,23,27). The number of piperidine rings is 1. The van der Waals surface area contributed by atoms with Gasteiger partial charge < -0.3 is 10.2 Å². The summed E-state index contributed by atoms with van der Waals surface area (Å²) >= 11 is 0. The van der Waals surface area contributed by atoms with Crippen LogP contribution in [0.2, 0.25) is 0 Å². The van der Waals surface area contributed by atoms with E-state index in [1.54, 1.807) is 4.90 Å². The van der Waals surface area contributed by atoms with E-state index in [-0.39, 0.29) is 34.5 Å². The Labute approximate surface area is 181 Å². The van der Waals surface area contributed by atoms with E-state index in [9.17, 15) is 29.3 Å². The van der Waals surface area contributed by atoms with Crippen LogP contribution in [0.1, 0.15) is 44.0 Å². The summed E-state index contributed by atoms with van der Waals surface area (Å²) in [6.07, 6.45) is 5.33. The largest absolute Gasteiger partial charge is 0.352 e. The Morgan fingerprint density at radius 1 is 1.12 bits per heavy atom. The summed E-state index contributed by atoms with van der Waals surface area (Å²) in [7, 11) is 0. The van der Waals surface area contributed by atoms with E-state index in [1.165, 1.54) is 24.7 Å². The zero-order chi connectivity index (χ0) is 22.8. The molecule has 0 atom stereocenters. The molecule has 0 spiro atoms. The molecule has 3 heterocycles. The smallest absolute Gasteiger partial charge is 0.274 e. The van der Waals surface area contributed by atoms with Gasteiger partial charge in [-0.3, -0.25) is 39.2 Å². The molecule has 1 fully saturated rings. The third-order valence-corrected chi connectivity index (χ3v) is 5.40. The maximum absolute atomic E-state index is 12.5. The van der Waals surface area contributed by atoms with E-state index in [2.05, 4.69) is 15.3 Å². The molecule has 2 aliphatic rings. The van der Waals surface area contributed by atoms with Crippen molar-refractivity contribution in [2.24, 2.45) is 0 Å². The van der Waals surface area contributed by atoms with Crippen LogP contribution in [-0.4, -0.2) is 74.0 Å². The summed E-state index contributed by atoms with van der Waals surface area (Å²) in [5, 5.41) is 13.7. The van der Waals surface area contributed by atoms with Crippen molar-refractivity contribution in [2.75, 3.05) is 19.6 Å². The molecule has 2 aromatic rings. The third kappa shape index (κ3) is 4.02. The normalized spacial score (nSPS) is 16.1. The quantitative estimate of drug-likeness (QED) is 0.399. The van der Waals surface area contributed by atoms with Crippen LogP contribution in [0.4, 0.5) is 5.69 Å². The number of rotatable bonds is 5. The fraction of sp³-hybridized carbons (Fsp3) is 0.300. The molecule has 12 nitrogen and oxygen atoms in total. The van der Waals surface area contributed by atoms with Gasteiger partial charge in [0.1, 0.15) is 12.2 Å². The number of fused-ring (bicyclic) bond motifs is 1. The highest BCUT2D eigenvalue weighted by molar-refractivity contribution is 6.22. The summed E-state index contributed by atoms with van der Waals surface area (Å²) in [6.45, 7) is 0.340. The minimum Gasteiger partial charge on any atom is -0.352 e. The Bertz CT molecular complexity index is 1110. The molecule has 0 bridgehead atoms. The number of amides is 4. The lowest BCUT2D eigenvalue weighted by atomic mass is 10.0. The van der Waals surface area contributed by atoms with E-state index in [0.717, 1.165) is 17.0 Å². The minimum atomic E-state index is -0.742. The zero-order valence-corrected chi connectivity index (χ0v) is 16.8. The Morgan fingerprint density at radius 2 is 1.84 bits per heavy atom. The van der Waals surface area contributed by atoms with Crippen LogP contribution in [0.5, 0.6) is 0 Å². The molecule has 1 aromatic heterocycles. The Balaban J connectivity index is 1.32. The lowest BCUT2D eigenvalue weighted by molar-refractivity contribution is -0.384. The summed E-state index contributed by atoms with van der Waals surface area (Å²) < 4.78 is 0. The summed E-state index contributed by atoms with van der Waals surface area (Å²) in [4.78, 5) is 70.4. The second-order valence-electron chi connectivity index (χ2n) is 7.41. The van der Waals surface area contributed by atoms with Gasteiger partial charge in [-0.05, 0) is 18.9 Å². The Hall–Kier alpha value is -4.22. The first-order valence-electron chi connectivity index (χ1n) is 9.84. The molecular weight excluding hydrogens is 420 g/mol. The highest BCUT2D eigenvalue weighted by atomic mass is 16.6. The van der Waals surface area contributed by atoms with Gasteiger partial charge >= 0.3 is 0 Å². The average Bonchev–Trinajstić information content (AvgIpc) is 3.04. The van der Waals surface area contributed by atoms with Gasteiger partial charge in [0.2, 0.25) is 5.91 Å². The molecule has 0 unspecified atom stereocenters. The van der Waals surface area contributed by atoms with Crippen molar-refractivity contribution in [3.63, 3.8) is 0 Å². The molecule has 32 heavy (non-hydrogen) atoms. The molecule has 164 valence electrons. The monoisotopic (exact) mass is 438 g/mol. The molecule has 0 radical (unpaired) electrons. The number of benzene rings is 1. The van der Waals surface area contributed by atoms with Gasteiger partial charge in [0.25, 0.3) is 23.4 Å². The number of nitro benzene ring substituents is 1. The number of hydrogen-bond acceptors (Lipinski definition) is 8. The molecule has 4 amide bonds. The molecule has 1 N–H and O–H groups in total. The molecule has 4 rings (SSSR count). The van der Waals surface area contributed by atoms with Gasteiger partial charge in [0, 0.05) is 43.7 Å². The van der Waals surface area contributed by atoms with Crippen molar-refractivity contribution in [3.05, 3.63) is 63.7 Å². The fourth-order valence-electron chi connectivity index (χ4n) is 3.75. The number of nitrogens with one attached hydrogen (secondary N) is 1. The van der Waals surface area contributed by atoms with Crippen molar-refractivity contribution in [1.29, 1.82) is 0 Å². The third-order valence-electron chi connectivity index (χ3n) is 5.40. The average molecular weight is 438 g/mol. The highest BCUT2D eigenvalue weighted by Gasteiger charge is 2.38.